The molecule has 2 nitrogen and oxygen atoms in total. The van der Waals surface area contributed by atoms with E-state index in [0.717, 1.165) is 31.7 Å². The standard InChI is InChI=1S/C16H25NO/c1-5-11-17-13-16(3,6-2)12-14-9-7-8-10-15(14)18-4/h6-10,17H,2,5,11-13H2,1,3-4H3. The molecule has 0 saturated heterocycles. The van der Waals surface area contributed by atoms with Gasteiger partial charge in [0.05, 0.1) is 7.11 Å². The predicted molar refractivity (Wildman–Crippen MR) is 78.2 cm³/mol. The molecule has 2 heteroatoms. The lowest BCUT2D eigenvalue weighted by Crippen LogP contribution is -2.32. The first-order chi connectivity index (χ1) is 8.65. The summed E-state index contributed by atoms with van der Waals surface area (Å²) < 4.78 is 5.41. The van der Waals surface area contributed by atoms with Gasteiger partial charge in [0.1, 0.15) is 5.75 Å². The van der Waals surface area contributed by atoms with E-state index >= 15 is 0 Å². The molecule has 1 aromatic carbocycles. The summed E-state index contributed by atoms with van der Waals surface area (Å²) in [7, 11) is 1.72. The van der Waals surface area contributed by atoms with E-state index in [2.05, 4.69) is 37.9 Å². The van der Waals surface area contributed by atoms with Gasteiger partial charge in [0.2, 0.25) is 0 Å². The number of ether oxygens (including phenoxy) is 1. The highest BCUT2D eigenvalue weighted by Gasteiger charge is 2.21. The molecular formula is C16H25NO. The average molecular weight is 247 g/mol. The Hall–Kier alpha value is -1.28. The van der Waals surface area contributed by atoms with Crippen LogP contribution in [0.25, 0.3) is 0 Å². The van der Waals surface area contributed by atoms with Crippen LogP contribution in [-0.4, -0.2) is 20.2 Å². The molecule has 0 aliphatic carbocycles. The van der Waals surface area contributed by atoms with Crippen molar-refractivity contribution in [1.29, 1.82) is 0 Å². The summed E-state index contributed by atoms with van der Waals surface area (Å²) in [6, 6.07) is 8.20. The number of nitrogens with one attached hydrogen (secondary N) is 1. The predicted octanol–water partition coefficient (Wildman–Crippen LogP) is 3.43. The summed E-state index contributed by atoms with van der Waals surface area (Å²) in [6.45, 7) is 10.4. The van der Waals surface area contributed by atoms with Gasteiger partial charge in [0.25, 0.3) is 0 Å². The van der Waals surface area contributed by atoms with E-state index < -0.39 is 0 Å². The molecule has 0 aliphatic heterocycles. The normalized spacial score (nSPS) is 13.9. The molecule has 1 rings (SSSR count). The largest absolute Gasteiger partial charge is 0.496 e. The summed E-state index contributed by atoms with van der Waals surface area (Å²) >= 11 is 0. The molecule has 0 radical (unpaired) electrons. The fourth-order valence-electron chi connectivity index (χ4n) is 2.04. The molecule has 100 valence electrons. The van der Waals surface area contributed by atoms with Crippen LogP contribution < -0.4 is 10.1 Å². The molecule has 0 fully saturated rings. The Morgan fingerprint density at radius 1 is 1.39 bits per heavy atom. The highest BCUT2D eigenvalue weighted by molar-refractivity contribution is 5.34. The van der Waals surface area contributed by atoms with E-state index in [0.29, 0.717) is 0 Å². The van der Waals surface area contributed by atoms with Crippen LogP contribution in [-0.2, 0) is 6.42 Å². The smallest absolute Gasteiger partial charge is 0.122 e. The van der Waals surface area contributed by atoms with E-state index in [9.17, 15) is 0 Å². The van der Waals surface area contributed by atoms with Gasteiger partial charge >= 0.3 is 0 Å². The topological polar surface area (TPSA) is 21.3 Å². The lowest BCUT2D eigenvalue weighted by molar-refractivity contribution is 0.371. The Balaban J connectivity index is 2.74. The number of benzene rings is 1. The van der Waals surface area contributed by atoms with Gasteiger partial charge in [-0.1, -0.05) is 38.1 Å². The third kappa shape index (κ3) is 4.19. The SMILES string of the molecule is C=CC(C)(CNCCC)Cc1ccccc1OC. The maximum Gasteiger partial charge on any atom is 0.122 e. The number of para-hydroxylation sites is 1. The maximum absolute atomic E-state index is 5.41. The Kier molecular flexibility index (Phi) is 5.93. The monoisotopic (exact) mass is 247 g/mol. The second-order valence-electron chi connectivity index (χ2n) is 5.02. The number of hydrogen-bond acceptors (Lipinski definition) is 2. The second-order valence-corrected chi connectivity index (χ2v) is 5.02. The van der Waals surface area contributed by atoms with Gasteiger partial charge in [-0.3, -0.25) is 0 Å². The molecular weight excluding hydrogens is 222 g/mol. The van der Waals surface area contributed by atoms with Crippen molar-refractivity contribution >= 4 is 0 Å². The molecule has 1 unspecified atom stereocenters. The third-order valence-corrected chi connectivity index (χ3v) is 3.24. The van der Waals surface area contributed by atoms with Gasteiger partial charge in [-0.05, 0) is 31.0 Å². The number of hydrogen-bond donors (Lipinski definition) is 1. The molecule has 1 aromatic rings. The molecule has 1 N–H and O–H groups in total. The summed E-state index contributed by atoms with van der Waals surface area (Å²) in [6.07, 6.45) is 4.14. The van der Waals surface area contributed by atoms with Crippen molar-refractivity contribution in [2.45, 2.75) is 26.7 Å². The van der Waals surface area contributed by atoms with Gasteiger partial charge in [-0.2, -0.15) is 0 Å². The van der Waals surface area contributed by atoms with Crippen LogP contribution >= 0.6 is 0 Å². The molecule has 1 atom stereocenters. The van der Waals surface area contributed by atoms with Crippen molar-refractivity contribution in [3.8, 4) is 5.75 Å². The van der Waals surface area contributed by atoms with Gasteiger partial charge < -0.3 is 10.1 Å². The van der Waals surface area contributed by atoms with Crippen LogP contribution in [0.3, 0.4) is 0 Å². The fraction of sp³-hybridized carbons (Fsp3) is 0.500. The van der Waals surface area contributed by atoms with Gasteiger partial charge in [0.15, 0.2) is 0 Å². The lowest BCUT2D eigenvalue weighted by atomic mass is 9.83. The molecule has 0 aromatic heterocycles. The van der Waals surface area contributed by atoms with Crippen molar-refractivity contribution in [3.63, 3.8) is 0 Å². The van der Waals surface area contributed by atoms with Gasteiger partial charge in [-0.25, -0.2) is 0 Å². The summed E-state index contributed by atoms with van der Waals surface area (Å²) in [5.41, 5.74) is 1.30. The quantitative estimate of drug-likeness (QED) is 0.561. The van der Waals surface area contributed by atoms with Crippen LogP contribution in [0, 0.1) is 5.41 Å². The van der Waals surface area contributed by atoms with Crippen LogP contribution in [0.4, 0.5) is 0 Å². The van der Waals surface area contributed by atoms with Crippen LogP contribution in [0.15, 0.2) is 36.9 Å². The second kappa shape index (κ2) is 7.22. The molecule has 0 spiro atoms. The zero-order chi connectivity index (χ0) is 13.4. The molecule has 0 amide bonds. The Morgan fingerprint density at radius 2 is 2.11 bits per heavy atom. The summed E-state index contributed by atoms with van der Waals surface area (Å²) in [5.74, 6) is 0.959. The van der Waals surface area contributed by atoms with Crippen LogP contribution in [0.1, 0.15) is 25.8 Å². The molecule has 0 heterocycles. The first kappa shape index (κ1) is 14.8. The third-order valence-electron chi connectivity index (χ3n) is 3.24. The fourth-order valence-corrected chi connectivity index (χ4v) is 2.04. The zero-order valence-electron chi connectivity index (χ0n) is 11.8. The van der Waals surface area contributed by atoms with Crippen LogP contribution in [0.5, 0.6) is 5.75 Å². The summed E-state index contributed by atoms with van der Waals surface area (Å²) in [4.78, 5) is 0. The number of rotatable bonds is 8. The van der Waals surface area contributed by atoms with Crippen LogP contribution in [0.2, 0.25) is 0 Å². The Morgan fingerprint density at radius 3 is 2.72 bits per heavy atom. The van der Waals surface area contributed by atoms with E-state index in [1.165, 1.54) is 5.56 Å². The number of methoxy groups -OCH3 is 1. The van der Waals surface area contributed by atoms with E-state index in [4.69, 9.17) is 4.74 Å². The van der Waals surface area contributed by atoms with Crippen molar-refractivity contribution in [2.24, 2.45) is 5.41 Å². The highest BCUT2D eigenvalue weighted by atomic mass is 16.5. The zero-order valence-corrected chi connectivity index (χ0v) is 11.8. The van der Waals surface area contributed by atoms with Gasteiger partial charge in [-0.15, -0.1) is 6.58 Å². The van der Waals surface area contributed by atoms with Crippen molar-refractivity contribution in [1.82, 2.24) is 5.32 Å². The molecule has 18 heavy (non-hydrogen) atoms. The highest BCUT2D eigenvalue weighted by Crippen LogP contribution is 2.28. The summed E-state index contributed by atoms with van der Waals surface area (Å²) in [5, 5.41) is 3.47. The van der Waals surface area contributed by atoms with Crippen molar-refractivity contribution in [2.75, 3.05) is 20.2 Å². The van der Waals surface area contributed by atoms with Crippen molar-refractivity contribution < 1.29 is 4.74 Å². The Labute approximate surface area is 111 Å². The average Bonchev–Trinajstić information content (AvgIpc) is 2.40. The minimum atomic E-state index is 0.0593. The minimum absolute atomic E-state index is 0.0593. The minimum Gasteiger partial charge on any atom is -0.496 e. The van der Waals surface area contributed by atoms with Gasteiger partial charge in [0, 0.05) is 12.0 Å². The first-order valence-electron chi connectivity index (χ1n) is 6.61. The molecule has 0 saturated carbocycles. The Bertz CT molecular complexity index is 375. The van der Waals surface area contributed by atoms with E-state index in [-0.39, 0.29) is 5.41 Å². The first-order valence-corrected chi connectivity index (χ1v) is 6.61. The van der Waals surface area contributed by atoms with E-state index in [1.54, 1.807) is 7.11 Å². The van der Waals surface area contributed by atoms with Crippen molar-refractivity contribution in [3.05, 3.63) is 42.5 Å². The maximum atomic E-state index is 5.41. The molecule has 0 bridgehead atoms. The van der Waals surface area contributed by atoms with E-state index in [1.807, 2.05) is 18.2 Å². The molecule has 0 aliphatic rings. The lowest BCUT2D eigenvalue weighted by Gasteiger charge is -2.27.